The molecule has 0 atom stereocenters. The van der Waals surface area contributed by atoms with Gasteiger partial charge in [-0.25, -0.2) is 9.98 Å². The number of carbonyl (C=O) groups excluding carboxylic acids is 1. The van der Waals surface area contributed by atoms with Crippen LogP contribution < -0.4 is 10.6 Å². The number of thiophene rings is 1. The number of hydrogen-bond donors (Lipinski definition) is 2. The third kappa shape index (κ3) is 6.42. The minimum absolute atomic E-state index is 0. The van der Waals surface area contributed by atoms with E-state index in [0.717, 1.165) is 37.0 Å². The first-order valence-electron chi connectivity index (χ1n) is 8.92. The molecule has 0 aromatic carbocycles. The number of aromatic nitrogens is 1. The zero-order valence-electron chi connectivity index (χ0n) is 15.7. The summed E-state index contributed by atoms with van der Waals surface area (Å²) >= 11 is 3.45. The SMILES string of the molecule is CCNC(=NCc1ncc(C)s1)NCCC(=O)N1CCc2sccc2C1.I. The average Bonchev–Trinajstić information content (AvgIpc) is 3.27. The Balaban J connectivity index is 0.00000261. The number of amides is 1. The number of aliphatic imine (C=N–C) groups is 1. The van der Waals surface area contributed by atoms with E-state index in [-0.39, 0.29) is 29.9 Å². The van der Waals surface area contributed by atoms with Crippen molar-refractivity contribution in [2.45, 2.75) is 39.8 Å². The van der Waals surface area contributed by atoms with Crippen LogP contribution >= 0.6 is 46.7 Å². The summed E-state index contributed by atoms with van der Waals surface area (Å²) in [6.45, 7) is 7.55. The van der Waals surface area contributed by atoms with E-state index in [1.54, 1.807) is 22.7 Å². The maximum Gasteiger partial charge on any atom is 0.224 e. The van der Waals surface area contributed by atoms with E-state index in [1.165, 1.54) is 15.3 Å². The number of aryl methyl sites for hydroxylation is 1. The molecule has 27 heavy (non-hydrogen) atoms. The molecule has 2 N–H and O–H groups in total. The lowest BCUT2D eigenvalue weighted by molar-refractivity contribution is -0.131. The van der Waals surface area contributed by atoms with Gasteiger partial charge in [0.05, 0.1) is 6.54 Å². The van der Waals surface area contributed by atoms with Gasteiger partial charge in [0.15, 0.2) is 5.96 Å². The lowest BCUT2D eigenvalue weighted by Crippen LogP contribution is -2.41. The van der Waals surface area contributed by atoms with Gasteiger partial charge in [0.1, 0.15) is 5.01 Å². The van der Waals surface area contributed by atoms with E-state index >= 15 is 0 Å². The fourth-order valence-electron chi connectivity index (χ4n) is 2.87. The molecule has 0 saturated heterocycles. The van der Waals surface area contributed by atoms with Crippen molar-refractivity contribution in [1.29, 1.82) is 0 Å². The number of thiazole rings is 1. The highest BCUT2D eigenvalue weighted by atomic mass is 127. The summed E-state index contributed by atoms with van der Waals surface area (Å²) in [4.78, 5) is 25.9. The van der Waals surface area contributed by atoms with Gasteiger partial charge in [-0.05, 0) is 37.3 Å². The van der Waals surface area contributed by atoms with Gasteiger partial charge >= 0.3 is 0 Å². The molecule has 0 saturated carbocycles. The number of rotatable bonds is 6. The van der Waals surface area contributed by atoms with Crippen molar-refractivity contribution in [3.63, 3.8) is 0 Å². The molecule has 2 aromatic heterocycles. The van der Waals surface area contributed by atoms with Crippen LogP contribution in [0.1, 0.15) is 33.7 Å². The molecule has 0 radical (unpaired) electrons. The van der Waals surface area contributed by atoms with E-state index < -0.39 is 0 Å². The van der Waals surface area contributed by atoms with Crippen molar-refractivity contribution in [2.75, 3.05) is 19.6 Å². The quantitative estimate of drug-likeness (QED) is 0.350. The Labute approximate surface area is 185 Å². The van der Waals surface area contributed by atoms with Crippen molar-refractivity contribution in [1.82, 2.24) is 20.5 Å². The highest BCUT2D eigenvalue weighted by Crippen LogP contribution is 2.24. The summed E-state index contributed by atoms with van der Waals surface area (Å²) in [7, 11) is 0. The van der Waals surface area contributed by atoms with Crippen LogP contribution in [-0.2, 0) is 24.3 Å². The molecule has 148 valence electrons. The van der Waals surface area contributed by atoms with Crippen molar-refractivity contribution in [3.05, 3.63) is 38.0 Å². The van der Waals surface area contributed by atoms with Gasteiger partial charge in [0.25, 0.3) is 0 Å². The van der Waals surface area contributed by atoms with Gasteiger partial charge < -0.3 is 15.5 Å². The Morgan fingerprint density at radius 3 is 3.00 bits per heavy atom. The van der Waals surface area contributed by atoms with Crippen LogP contribution in [0.25, 0.3) is 0 Å². The molecule has 3 heterocycles. The number of carbonyl (C=O) groups is 1. The molecule has 0 fully saturated rings. The maximum absolute atomic E-state index is 12.5. The minimum atomic E-state index is 0. The van der Waals surface area contributed by atoms with Gasteiger partial charge in [-0.3, -0.25) is 4.79 Å². The Morgan fingerprint density at radius 1 is 1.41 bits per heavy atom. The molecule has 3 rings (SSSR count). The van der Waals surface area contributed by atoms with Crippen LogP contribution in [-0.4, -0.2) is 41.4 Å². The summed E-state index contributed by atoms with van der Waals surface area (Å²) in [6, 6.07) is 2.13. The van der Waals surface area contributed by atoms with Crippen LogP contribution in [0.15, 0.2) is 22.6 Å². The normalized spacial score (nSPS) is 13.7. The molecule has 1 aliphatic heterocycles. The van der Waals surface area contributed by atoms with Crippen LogP contribution in [0.4, 0.5) is 0 Å². The van der Waals surface area contributed by atoms with Crippen LogP contribution in [0.2, 0.25) is 0 Å². The fraction of sp³-hybridized carbons (Fsp3) is 0.500. The first-order valence-corrected chi connectivity index (χ1v) is 10.6. The third-order valence-corrected chi connectivity index (χ3v) is 6.10. The van der Waals surface area contributed by atoms with Crippen LogP contribution in [0, 0.1) is 6.92 Å². The third-order valence-electron chi connectivity index (χ3n) is 4.18. The van der Waals surface area contributed by atoms with Crippen LogP contribution in [0.3, 0.4) is 0 Å². The molecule has 0 spiro atoms. The molecule has 6 nitrogen and oxygen atoms in total. The molecule has 9 heteroatoms. The van der Waals surface area contributed by atoms with E-state index in [4.69, 9.17) is 0 Å². The Bertz CT molecular complexity index is 773. The lowest BCUT2D eigenvalue weighted by Gasteiger charge is -2.27. The molecular weight excluding hydrogens is 493 g/mol. The smallest absolute Gasteiger partial charge is 0.224 e. The van der Waals surface area contributed by atoms with Gasteiger partial charge in [0, 0.05) is 48.6 Å². The second-order valence-electron chi connectivity index (χ2n) is 6.17. The maximum atomic E-state index is 12.5. The van der Waals surface area contributed by atoms with Crippen molar-refractivity contribution >= 4 is 58.5 Å². The second kappa shape index (κ2) is 11.0. The predicted octanol–water partition coefficient (Wildman–Crippen LogP) is 3.16. The first kappa shape index (κ1) is 22.1. The standard InChI is InChI=1S/C18H25N5OS2.HI/c1-3-19-18(22-11-16-21-10-13(2)26-16)20-7-4-17(24)23-8-5-15-14(12-23)6-9-25-15;/h6,9-10H,3-5,7-8,11-12H2,1-2H3,(H2,19,20,22);1H. The van der Waals surface area contributed by atoms with E-state index in [9.17, 15) is 4.79 Å². The largest absolute Gasteiger partial charge is 0.357 e. The number of hydrogen-bond acceptors (Lipinski definition) is 5. The molecule has 1 amide bonds. The highest BCUT2D eigenvalue weighted by Gasteiger charge is 2.20. The zero-order chi connectivity index (χ0) is 18.4. The number of halogens is 1. The van der Waals surface area contributed by atoms with Crippen molar-refractivity contribution in [2.24, 2.45) is 4.99 Å². The monoisotopic (exact) mass is 519 g/mol. The molecule has 2 aromatic rings. The highest BCUT2D eigenvalue weighted by molar-refractivity contribution is 14.0. The fourth-order valence-corrected chi connectivity index (χ4v) is 4.47. The zero-order valence-corrected chi connectivity index (χ0v) is 19.6. The summed E-state index contributed by atoms with van der Waals surface area (Å²) in [5, 5.41) is 9.58. The first-order chi connectivity index (χ1) is 12.7. The summed E-state index contributed by atoms with van der Waals surface area (Å²) in [5.74, 6) is 0.924. The van der Waals surface area contributed by atoms with Crippen LogP contribution in [0.5, 0.6) is 0 Å². The van der Waals surface area contributed by atoms with Crippen molar-refractivity contribution < 1.29 is 4.79 Å². The Hall–Kier alpha value is -1.20. The van der Waals surface area contributed by atoms with Gasteiger partial charge in [-0.2, -0.15) is 0 Å². The average molecular weight is 519 g/mol. The topological polar surface area (TPSA) is 69.6 Å². The summed E-state index contributed by atoms with van der Waals surface area (Å²) < 4.78 is 0. The molecular formula is C18H26IN5OS2. The molecule has 1 aliphatic rings. The number of nitrogens with zero attached hydrogens (tertiary/aromatic N) is 3. The van der Waals surface area contributed by atoms with Gasteiger partial charge in [-0.1, -0.05) is 0 Å². The minimum Gasteiger partial charge on any atom is -0.357 e. The number of fused-ring (bicyclic) bond motifs is 1. The molecule has 0 aliphatic carbocycles. The summed E-state index contributed by atoms with van der Waals surface area (Å²) in [5.41, 5.74) is 1.30. The molecule has 0 bridgehead atoms. The van der Waals surface area contributed by atoms with E-state index in [1.807, 2.05) is 24.9 Å². The number of nitrogens with one attached hydrogen (secondary N) is 2. The van der Waals surface area contributed by atoms with Gasteiger partial charge in [-0.15, -0.1) is 46.7 Å². The van der Waals surface area contributed by atoms with E-state index in [0.29, 0.717) is 19.5 Å². The molecule has 0 unspecified atom stereocenters. The van der Waals surface area contributed by atoms with Gasteiger partial charge in [0.2, 0.25) is 5.91 Å². The summed E-state index contributed by atoms with van der Waals surface area (Å²) in [6.07, 6.45) is 3.32. The Morgan fingerprint density at radius 2 is 2.26 bits per heavy atom. The van der Waals surface area contributed by atoms with E-state index in [2.05, 4.69) is 32.1 Å². The number of guanidine groups is 1. The Kier molecular flexibility index (Phi) is 8.97. The predicted molar refractivity (Wildman–Crippen MR) is 123 cm³/mol. The van der Waals surface area contributed by atoms with Crippen molar-refractivity contribution in [3.8, 4) is 0 Å². The lowest BCUT2D eigenvalue weighted by atomic mass is 10.1. The second-order valence-corrected chi connectivity index (χ2v) is 8.49.